The van der Waals surface area contributed by atoms with Crippen LogP contribution in [0.4, 0.5) is 4.79 Å². The van der Waals surface area contributed by atoms with Crippen molar-refractivity contribution in [3.05, 3.63) is 0 Å². The van der Waals surface area contributed by atoms with E-state index < -0.39 is 36.0 Å². The minimum atomic E-state index is -0.882. The van der Waals surface area contributed by atoms with Crippen LogP contribution in [0.2, 0.25) is 0 Å². The number of aliphatic hydroxyl groups excluding tert-OH is 1. The van der Waals surface area contributed by atoms with Gasteiger partial charge in [0.25, 0.3) is 0 Å². The molecule has 6 nitrogen and oxygen atoms in total. The van der Waals surface area contributed by atoms with Crippen LogP contribution in [0, 0.1) is 0 Å². The molecule has 2 aliphatic rings. The second kappa shape index (κ2) is 3.35. The maximum atomic E-state index is 11.8. The fourth-order valence-electron chi connectivity index (χ4n) is 1.91. The molecule has 0 aromatic carbocycles. The second-order valence-electron chi connectivity index (χ2n) is 5.03. The molecule has 0 aromatic rings. The van der Waals surface area contributed by atoms with Crippen molar-refractivity contribution in [1.29, 1.82) is 0 Å². The lowest BCUT2D eigenvalue weighted by molar-refractivity contribution is -0.152. The quantitative estimate of drug-likeness (QED) is 0.602. The van der Waals surface area contributed by atoms with Crippen LogP contribution in [0.3, 0.4) is 0 Å². The van der Waals surface area contributed by atoms with E-state index in [2.05, 4.69) is 0 Å². The van der Waals surface area contributed by atoms with Gasteiger partial charge in [0.2, 0.25) is 6.23 Å². The van der Waals surface area contributed by atoms with E-state index in [-0.39, 0.29) is 6.42 Å². The van der Waals surface area contributed by atoms with E-state index in [1.165, 1.54) is 4.90 Å². The standard InChI is InChI=1S/C10H15NO5/c1-10(2,3)16-9(14)11-5-4-6(12)7(11)15-8(5)13/h5-7,12H,4H2,1-3H3. The first-order valence-corrected chi connectivity index (χ1v) is 5.19. The molecule has 3 atom stereocenters. The third-order valence-electron chi connectivity index (χ3n) is 2.52. The van der Waals surface area contributed by atoms with Gasteiger partial charge >= 0.3 is 12.1 Å². The zero-order valence-corrected chi connectivity index (χ0v) is 9.47. The summed E-state index contributed by atoms with van der Waals surface area (Å²) in [4.78, 5) is 24.2. The van der Waals surface area contributed by atoms with Crippen LogP contribution >= 0.6 is 0 Å². The molecule has 3 unspecified atom stereocenters. The largest absolute Gasteiger partial charge is 0.444 e. The molecule has 2 bridgehead atoms. The lowest BCUT2D eigenvalue weighted by Crippen LogP contribution is -2.41. The lowest BCUT2D eigenvalue weighted by Gasteiger charge is -2.25. The van der Waals surface area contributed by atoms with Crippen LogP contribution in [-0.4, -0.2) is 46.0 Å². The molecule has 90 valence electrons. The van der Waals surface area contributed by atoms with E-state index in [9.17, 15) is 14.7 Å². The third kappa shape index (κ3) is 1.73. The summed E-state index contributed by atoms with van der Waals surface area (Å²) in [5.74, 6) is -0.471. The highest BCUT2D eigenvalue weighted by atomic mass is 16.6. The first kappa shape index (κ1) is 11.2. The first-order valence-electron chi connectivity index (χ1n) is 5.19. The first-order chi connectivity index (χ1) is 7.29. The average molecular weight is 229 g/mol. The van der Waals surface area contributed by atoms with Gasteiger partial charge in [-0.3, -0.25) is 4.90 Å². The molecule has 0 aromatic heterocycles. The molecule has 0 spiro atoms. The zero-order chi connectivity index (χ0) is 12.1. The van der Waals surface area contributed by atoms with Crippen molar-refractivity contribution >= 4 is 12.1 Å². The molecule has 2 saturated heterocycles. The maximum Gasteiger partial charge on any atom is 0.414 e. The number of carbonyl (C=O) groups is 2. The highest BCUT2D eigenvalue weighted by molar-refractivity contribution is 5.86. The summed E-state index contributed by atoms with van der Waals surface area (Å²) in [5.41, 5.74) is -0.632. The Morgan fingerprint density at radius 2 is 2.19 bits per heavy atom. The summed E-state index contributed by atoms with van der Waals surface area (Å²) < 4.78 is 10.00. The van der Waals surface area contributed by atoms with Crippen molar-refractivity contribution in [3.63, 3.8) is 0 Å². The molecule has 2 aliphatic heterocycles. The van der Waals surface area contributed by atoms with Crippen molar-refractivity contribution in [2.75, 3.05) is 0 Å². The van der Waals surface area contributed by atoms with Crippen LogP contribution in [-0.2, 0) is 14.3 Å². The van der Waals surface area contributed by atoms with Gasteiger partial charge < -0.3 is 14.6 Å². The molecule has 2 heterocycles. The molecule has 1 amide bonds. The number of amides is 1. The highest BCUT2D eigenvalue weighted by Gasteiger charge is 2.56. The van der Waals surface area contributed by atoms with Gasteiger partial charge in [-0.15, -0.1) is 0 Å². The van der Waals surface area contributed by atoms with Gasteiger partial charge in [0, 0.05) is 6.42 Å². The third-order valence-corrected chi connectivity index (χ3v) is 2.52. The molecule has 16 heavy (non-hydrogen) atoms. The fraction of sp³-hybridized carbons (Fsp3) is 0.800. The van der Waals surface area contributed by atoms with Gasteiger partial charge in [-0.2, -0.15) is 0 Å². The van der Waals surface area contributed by atoms with Gasteiger partial charge in [-0.05, 0) is 20.8 Å². The summed E-state index contributed by atoms with van der Waals surface area (Å²) in [6, 6.07) is -0.699. The number of esters is 1. The smallest absolute Gasteiger partial charge is 0.414 e. The number of ether oxygens (including phenoxy) is 2. The summed E-state index contributed by atoms with van der Waals surface area (Å²) >= 11 is 0. The van der Waals surface area contributed by atoms with E-state index in [1.54, 1.807) is 20.8 Å². The van der Waals surface area contributed by atoms with E-state index in [1.807, 2.05) is 0 Å². The Kier molecular flexibility index (Phi) is 2.34. The number of aliphatic hydroxyl groups is 1. The zero-order valence-electron chi connectivity index (χ0n) is 9.47. The molecular formula is C10H15NO5. The molecule has 0 saturated carbocycles. The number of hydrogen-bond donors (Lipinski definition) is 1. The molecular weight excluding hydrogens is 214 g/mol. The normalized spacial score (nSPS) is 32.9. The number of rotatable bonds is 0. The monoisotopic (exact) mass is 229 g/mol. The van der Waals surface area contributed by atoms with Gasteiger partial charge in [0.1, 0.15) is 17.7 Å². The van der Waals surface area contributed by atoms with E-state index in [0.717, 1.165) is 0 Å². The van der Waals surface area contributed by atoms with Gasteiger partial charge in [0.05, 0.1) is 0 Å². The van der Waals surface area contributed by atoms with E-state index in [0.29, 0.717) is 0 Å². The number of nitrogens with zero attached hydrogens (tertiary/aromatic N) is 1. The van der Waals surface area contributed by atoms with Crippen molar-refractivity contribution in [3.8, 4) is 0 Å². The number of hydrogen-bond acceptors (Lipinski definition) is 5. The minimum Gasteiger partial charge on any atom is -0.444 e. The predicted octanol–water partition coefficient (Wildman–Crippen LogP) is 0.240. The van der Waals surface area contributed by atoms with Crippen molar-refractivity contribution in [2.24, 2.45) is 0 Å². The Bertz CT molecular complexity index is 335. The van der Waals surface area contributed by atoms with Crippen molar-refractivity contribution < 1.29 is 24.2 Å². The lowest BCUT2D eigenvalue weighted by atomic mass is 10.1. The summed E-state index contributed by atoms with van der Waals surface area (Å²) in [5, 5.41) is 9.53. The molecule has 1 N–H and O–H groups in total. The van der Waals surface area contributed by atoms with Crippen LogP contribution in [0.5, 0.6) is 0 Å². The maximum absolute atomic E-state index is 11.8. The van der Waals surface area contributed by atoms with E-state index >= 15 is 0 Å². The van der Waals surface area contributed by atoms with E-state index in [4.69, 9.17) is 9.47 Å². The minimum absolute atomic E-state index is 0.225. The van der Waals surface area contributed by atoms with Crippen LogP contribution in [0.15, 0.2) is 0 Å². The van der Waals surface area contributed by atoms with Gasteiger partial charge in [0.15, 0.2) is 0 Å². The highest BCUT2D eigenvalue weighted by Crippen LogP contribution is 2.34. The topological polar surface area (TPSA) is 76.1 Å². The molecule has 2 rings (SSSR count). The summed E-state index contributed by atoms with van der Waals surface area (Å²) in [7, 11) is 0. The van der Waals surface area contributed by atoms with Crippen LogP contribution in [0.25, 0.3) is 0 Å². The Hall–Kier alpha value is -1.30. The number of fused-ring (bicyclic) bond motifs is 2. The van der Waals surface area contributed by atoms with Crippen LogP contribution < -0.4 is 0 Å². The van der Waals surface area contributed by atoms with Crippen molar-refractivity contribution in [1.82, 2.24) is 4.90 Å². The molecule has 0 radical (unpaired) electrons. The Morgan fingerprint density at radius 3 is 2.62 bits per heavy atom. The fourth-order valence-corrected chi connectivity index (χ4v) is 1.91. The SMILES string of the molecule is CC(C)(C)OC(=O)N1C2CC(O)C1OC2=O. The van der Waals surface area contributed by atoms with Crippen molar-refractivity contribution in [2.45, 2.75) is 51.2 Å². The van der Waals surface area contributed by atoms with Gasteiger partial charge in [-0.1, -0.05) is 0 Å². The van der Waals surface area contributed by atoms with Gasteiger partial charge in [-0.25, -0.2) is 9.59 Å². The molecule has 2 fully saturated rings. The molecule has 0 aliphatic carbocycles. The average Bonchev–Trinajstić information content (AvgIpc) is 2.54. The molecule has 6 heteroatoms. The van der Waals surface area contributed by atoms with Crippen LogP contribution in [0.1, 0.15) is 27.2 Å². The Labute approximate surface area is 93.1 Å². The summed E-state index contributed by atoms with van der Waals surface area (Å²) in [6.07, 6.45) is -2.09. The predicted molar refractivity (Wildman–Crippen MR) is 52.4 cm³/mol. The Morgan fingerprint density at radius 1 is 1.56 bits per heavy atom. The Balaban J connectivity index is 2.11. The second-order valence-corrected chi connectivity index (χ2v) is 5.03. The summed E-state index contributed by atoms with van der Waals surface area (Å²) in [6.45, 7) is 5.21. The number of carbonyl (C=O) groups excluding carboxylic acids is 2.